The zero-order valence-corrected chi connectivity index (χ0v) is 21.0. The molecule has 3 rings (SSSR count). The minimum Gasteiger partial charge on any atom is -0.495 e. The van der Waals surface area contributed by atoms with Gasteiger partial charge in [-0.05, 0) is 50.5 Å². The maximum Gasteiger partial charge on any atom is 0.326 e. The van der Waals surface area contributed by atoms with Crippen molar-refractivity contribution >= 4 is 35.1 Å². The lowest BCUT2D eigenvalue weighted by atomic mass is 10.0. The molecule has 35 heavy (non-hydrogen) atoms. The first kappa shape index (κ1) is 26.0. The van der Waals surface area contributed by atoms with E-state index in [0.717, 1.165) is 0 Å². The Bertz CT molecular complexity index is 1210. The summed E-state index contributed by atoms with van der Waals surface area (Å²) in [7, 11) is 1.47. The number of nitrogens with zero attached hydrogens (tertiary/aromatic N) is 4. The Hall–Kier alpha value is -3.66. The number of carbonyl (C=O) groups excluding carboxylic acids is 1. The number of methoxy groups -OCH3 is 1. The molecule has 1 unspecified atom stereocenters. The van der Waals surface area contributed by atoms with Crippen LogP contribution >= 0.6 is 11.6 Å². The summed E-state index contributed by atoms with van der Waals surface area (Å²) in [5.41, 5.74) is 1.87. The number of benzene rings is 1. The first-order chi connectivity index (χ1) is 16.6. The number of aromatic nitrogens is 4. The second-order valence-electron chi connectivity index (χ2n) is 8.70. The minimum atomic E-state index is -1.08. The maximum absolute atomic E-state index is 12.7. The van der Waals surface area contributed by atoms with Crippen molar-refractivity contribution in [1.29, 1.82) is 0 Å². The van der Waals surface area contributed by atoms with Gasteiger partial charge in [0.1, 0.15) is 23.2 Å². The summed E-state index contributed by atoms with van der Waals surface area (Å²) < 4.78 is 7.25. The third-order valence-electron chi connectivity index (χ3n) is 5.14. The fourth-order valence-corrected chi connectivity index (χ4v) is 3.54. The van der Waals surface area contributed by atoms with Crippen molar-refractivity contribution < 1.29 is 19.4 Å². The van der Waals surface area contributed by atoms with Gasteiger partial charge in [-0.15, -0.1) is 0 Å². The summed E-state index contributed by atoms with van der Waals surface area (Å²) in [6, 6.07) is 5.76. The van der Waals surface area contributed by atoms with E-state index in [1.54, 1.807) is 12.1 Å². The molecule has 3 aromatic rings. The SMILES string of the molecule is COc1cc(C(=O)NC(CC(C)C)C(=O)O)ccc1Nc1ncc(Cl)c(-c2ccn(C(C)C)n2)n1. The molecule has 10 nitrogen and oxygen atoms in total. The van der Waals surface area contributed by atoms with Crippen molar-refractivity contribution in [3.8, 4) is 17.1 Å². The van der Waals surface area contributed by atoms with E-state index in [2.05, 4.69) is 25.7 Å². The lowest BCUT2D eigenvalue weighted by Crippen LogP contribution is -2.41. The highest BCUT2D eigenvalue weighted by Gasteiger charge is 2.22. The average molecular weight is 501 g/mol. The highest BCUT2D eigenvalue weighted by atomic mass is 35.5. The van der Waals surface area contributed by atoms with Gasteiger partial charge < -0.3 is 20.5 Å². The summed E-state index contributed by atoms with van der Waals surface area (Å²) in [6.07, 6.45) is 3.66. The molecule has 0 bridgehead atoms. The molecular formula is C24H29ClN6O4. The third-order valence-corrected chi connectivity index (χ3v) is 5.42. The number of anilines is 2. The highest BCUT2D eigenvalue weighted by molar-refractivity contribution is 6.32. The average Bonchev–Trinajstić information content (AvgIpc) is 3.30. The summed E-state index contributed by atoms with van der Waals surface area (Å²) in [4.78, 5) is 32.9. The Morgan fingerprint density at radius 3 is 2.54 bits per heavy atom. The number of carbonyl (C=O) groups is 2. The van der Waals surface area contributed by atoms with Gasteiger partial charge in [-0.3, -0.25) is 9.48 Å². The van der Waals surface area contributed by atoms with Gasteiger partial charge in [-0.2, -0.15) is 5.10 Å². The number of hydrogen-bond acceptors (Lipinski definition) is 7. The molecule has 0 spiro atoms. The Morgan fingerprint density at radius 2 is 1.94 bits per heavy atom. The van der Waals surface area contributed by atoms with E-state index < -0.39 is 17.9 Å². The number of aliphatic carboxylic acids is 1. The van der Waals surface area contributed by atoms with Crippen molar-refractivity contribution in [2.45, 2.75) is 46.2 Å². The van der Waals surface area contributed by atoms with E-state index in [0.29, 0.717) is 34.3 Å². The minimum absolute atomic E-state index is 0.112. The topological polar surface area (TPSA) is 131 Å². The monoisotopic (exact) mass is 500 g/mol. The fourth-order valence-electron chi connectivity index (χ4n) is 3.35. The first-order valence-electron chi connectivity index (χ1n) is 11.2. The van der Waals surface area contributed by atoms with Crippen LogP contribution in [0.2, 0.25) is 5.02 Å². The lowest BCUT2D eigenvalue weighted by Gasteiger charge is -2.17. The molecule has 1 atom stereocenters. The molecular weight excluding hydrogens is 472 g/mol. The summed E-state index contributed by atoms with van der Waals surface area (Å²) >= 11 is 6.32. The Balaban J connectivity index is 1.82. The van der Waals surface area contributed by atoms with Gasteiger partial charge in [0.15, 0.2) is 0 Å². The van der Waals surface area contributed by atoms with Crippen LogP contribution in [0.25, 0.3) is 11.4 Å². The Kier molecular flexibility index (Phi) is 8.29. The van der Waals surface area contributed by atoms with Gasteiger partial charge in [-0.25, -0.2) is 14.8 Å². The van der Waals surface area contributed by atoms with E-state index >= 15 is 0 Å². The van der Waals surface area contributed by atoms with Gasteiger partial charge in [-0.1, -0.05) is 25.4 Å². The molecule has 2 aromatic heterocycles. The van der Waals surface area contributed by atoms with Gasteiger partial charge in [0.25, 0.3) is 5.91 Å². The van der Waals surface area contributed by atoms with Crippen LogP contribution in [0.5, 0.6) is 5.75 Å². The highest BCUT2D eigenvalue weighted by Crippen LogP contribution is 2.30. The van der Waals surface area contributed by atoms with Crippen LogP contribution in [0.1, 0.15) is 50.5 Å². The van der Waals surface area contributed by atoms with Crippen LogP contribution in [0.3, 0.4) is 0 Å². The molecule has 0 aliphatic carbocycles. The van der Waals surface area contributed by atoms with Crippen LogP contribution in [-0.4, -0.2) is 49.9 Å². The number of amides is 1. The Labute approximate surface area is 208 Å². The second-order valence-corrected chi connectivity index (χ2v) is 9.11. The van der Waals surface area contributed by atoms with Crippen molar-refractivity contribution in [2.75, 3.05) is 12.4 Å². The predicted molar refractivity (Wildman–Crippen MR) is 133 cm³/mol. The number of rotatable bonds is 10. The van der Waals surface area contributed by atoms with Crippen LogP contribution in [0.15, 0.2) is 36.7 Å². The quantitative estimate of drug-likeness (QED) is 0.369. The van der Waals surface area contributed by atoms with E-state index in [1.807, 2.05) is 44.6 Å². The van der Waals surface area contributed by atoms with Gasteiger partial charge in [0.05, 0.1) is 24.0 Å². The van der Waals surface area contributed by atoms with Gasteiger partial charge >= 0.3 is 5.97 Å². The van der Waals surface area contributed by atoms with E-state index in [1.165, 1.54) is 19.4 Å². The molecule has 0 saturated heterocycles. The van der Waals surface area contributed by atoms with Crippen molar-refractivity contribution in [2.24, 2.45) is 5.92 Å². The second kappa shape index (κ2) is 11.2. The number of carboxylic acid groups (broad SMARTS) is 1. The van der Waals surface area contributed by atoms with Crippen LogP contribution in [-0.2, 0) is 4.79 Å². The van der Waals surface area contributed by atoms with Crippen LogP contribution < -0.4 is 15.4 Å². The molecule has 1 amide bonds. The molecule has 0 radical (unpaired) electrons. The molecule has 0 aliphatic rings. The summed E-state index contributed by atoms with van der Waals surface area (Å²) in [5, 5.41) is 19.9. The molecule has 2 heterocycles. The molecule has 0 fully saturated rings. The third kappa shape index (κ3) is 6.48. The van der Waals surface area contributed by atoms with E-state index in [4.69, 9.17) is 16.3 Å². The maximum atomic E-state index is 12.7. The van der Waals surface area contributed by atoms with Gasteiger partial charge in [0, 0.05) is 17.8 Å². The summed E-state index contributed by atoms with van der Waals surface area (Å²) in [6.45, 7) is 7.83. The van der Waals surface area contributed by atoms with Crippen molar-refractivity contribution in [1.82, 2.24) is 25.1 Å². The number of carboxylic acids is 1. The van der Waals surface area contributed by atoms with Crippen molar-refractivity contribution in [3.05, 3.63) is 47.2 Å². The lowest BCUT2D eigenvalue weighted by molar-refractivity contribution is -0.139. The largest absolute Gasteiger partial charge is 0.495 e. The zero-order chi connectivity index (χ0) is 25.7. The fraction of sp³-hybridized carbons (Fsp3) is 0.375. The molecule has 0 saturated carbocycles. The van der Waals surface area contributed by atoms with Gasteiger partial charge in [0.2, 0.25) is 5.95 Å². The van der Waals surface area contributed by atoms with E-state index in [9.17, 15) is 14.7 Å². The van der Waals surface area contributed by atoms with Crippen LogP contribution in [0, 0.1) is 5.92 Å². The van der Waals surface area contributed by atoms with Crippen LogP contribution in [0.4, 0.5) is 11.6 Å². The number of ether oxygens (including phenoxy) is 1. The normalized spacial score (nSPS) is 12.0. The number of halogens is 1. The molecule has 1 aromatic carbocycles. The molecule has 0 aliphatic heterocycles. The molecule has 11 heteroatoms. The van der Waals surface area contributed by atoms with Crippen molar-refractivity contribution in [3.63, 3.8) is 0 Å². The zero-order valence-electron chi connectivity index (χ0n) is 20.2. The predicted octanol–water partition coefficient (Wildman–Crippen LogP) is 4.56. The summed E-state index contributed by atoms with van der Waals surface area (Å²) in [5.74, 6) is -0.847. The standard InChI is InChI=1S/C24H29ClN6O4/c1-13(2)10-19(23(33)34)27-22(32)15-6-7-17(20(11-15)35-5)28-24-26-12-16(25)21(29-24)18-8-9-31(30-18)14(3)4/h6-9,11-14,19H,10H2,1-5H3,(H,27,32)(H,33,34)(H,26,28,29). The first-order valence-corrected chi connectivity index (χ1v) is 11.5. The molecule has 186 valence electrons. The van der Waals surface area contributed by atoms with E-state index in [-0.39, 0.29) is 23.5 Å². The molecule has 3 N–H and O–H groups in total. The number of nitrogens with one attached hydrogen (secondary N) is 2. The smallest absolute Gasteiger partial charge is 0.326 e. The number of hydrogen-bond donors (Lipinski definition) is 3. The Morgan fingerprint density at radius 1 is 1.20 bits per heavy atom.